The van der Waals surface area contributed by atoms with E-state index in [1.807, 2.05) is 0 Å². The summed E-state index contributed by atoms with van der Waals surface area (Å²) in [5.41, 5.74) is 0.535. The van der Waals surface area contributed by atoms with Gasteiger partial charge in [0.1, 0.15) is 5.75 Å². The van der Waals surface area contributed by atoms with E-state index in [0.29, 0.717) is 39.9 Å². The average Bonchev–Trinajstić information content (AvgIpc) is 3.01. The first-order valence-electron chi connectivity index (χ1n) is 8.58. The number of fused-ring (bicyclic) bond motifs is 1. The molecule has 0 atom stereocenters. The van der Waals surface area contributed by atoms with Gasteiger partial charge < -0.3 is 10.1 Å². The minimum atomic E-state index is -4.46. The van der Waals surface area contributed by atoms with E-state index in [1.54, 1.807) is 18.2 Å². The first-order valence-corrected chi connectivity index (χ1v) is 9.38. The number of carbonyl (C=O) groups is 1. The summed E-state index contributed by atoms with van der Waals surface area (Å²) in [5, 5.41) is 6.52. The van der Waals surface area contributed by atoms with Gasteiger partial charge in [-0.05, 0) is 59.8 Å². The Labute approximate surface area is 163 Å². The van der Waals surface area contributed by atoms with Crippen molar-refractivity contribution >= 4 is 21.8 Å². The SMILES string of the molecule is COc1ccc(Br)c(C(=O)NCCn2nc(C(F)(F)F)c3c2CCCC3)c1. The zero-order valence-electron chi connectivity index (χ0n) is 14.7. The zero-order valence-corrected chi connectivity index (χ0v) is 16.3. The van der Waals surface area contributed by atoms with Crippen molar-refractivity contribution in [2.24, 2.45) is 0 Å². The molecular weight excluding hydrogens is 427 g/mol. The molecule has 0 aliphatic heterocycles. The van der Waals surface area contributed by atoms with Crippen molar-refractivity contribution in [3.05, 3.63) is 45.2 Å². The Morgan fingerprint density at radius 2 is 2.07 bits per heavy atom. The van der Waals surface area contributed by atoms with E-state index in [9.17, 15) is 18.0 Å². The Hall–Kier alpha value is -2.03. The predicted octanol–water partition coefficient (Wildman–Crippen LogP) is 3.98. The maximum atomic E-state index is 13.2. The van der Waals surface area contributed by atoms with Crippen LogP contribution >= 0.6 is 15.9 Å². The molecule has 1 heterocycles. The maximum absolute atomic E-state index is 13.2. The van der Waals surface area contributed by atoms with Crippen LogP contribution < -0.4 is 10.1 Å². The number of nitrogens with zero attached hydrogens (tertiary/aromatic N) is 2. The fraction of sp³-hybridized carbons (Fsp3) is 0.444. The Balaban J connectivity index is 1.71. The Kier molecular flexibility index (Phi) is 5.78. The van der Waals surface area contributed by atoms with Gasteiger partial charge in [-0.15, -0.1) is 0 Å². The first-order chi connectivity index (χ1) is 12.8. The number of halogens is 4. The van der Waals surface area contributed by atoms with E-state index in [-0.39, 0.29) is 19.0 Å². The van der Waals surface area contributed by atoms with Gasteiger partial charge in [-0.2, -0.15) is 18.3 Å². The third-order valence-corrected chi connectivity index (χ3v) is 5.24. The number of alkyl halides is 3. The second-order valence-corrected chi connectivity index (χ2v) is 7.16. The molecule has 0 radical (unpaired) electrons. The molecule has 1 N–H and O–H groups in total. The van der Waals surface area contributed by atoms with Crippen LogP contribution in [0, 0.1) is 0 Å². The lowest BCUT2D eigenvalue weighted by atomic mass is 9.95. The molecule has 9 heteroatoms. The molecule has 0 bridgehead atoms. The molecule has 2 aromatic rings. The molecule has 1 aliphatic carbocycles. The molecule has 0 unspecified atom stereocenters. The number of methoxy groups -OCH3 is 1. The van der Waals surface area contributed by atoms with Crippen molar-refractivity contribution in [1.82, 2.24) is 15.1 Å². The summed E-state index contributed by atoms with van der Waals surface area (Å²) >= 11 is 3.31. The van der Waals surface area contributed by atoms with E-state index in [4.69, 9.17) is 4.74 Å². The molecule has 0 saturated carbocycles. The number of rotatable bonds is 5. The number of carbonyl (C=O) groups excluding carboxylic acids is 1. The van der Waals surface area contributed by atoms with Gasteiger partial charge in [0, 0.05) is 22.3 Å². The fourth-order valence-electron chi connectivity index (χ4n) is 3.26. The molecular formula is C18H19BrF3N3O2. The summed E-state index contributed by atoms with van der Waals surface area (Å²) < 4.78 is 46.7. The Bertz CT molecular complexity index is 849. The number of benzene rings is 1. The summed E-state index contributed by atoms with van der Waals surface area (Å²) in [6, 6.07) is 5.01. The first kappa shape index (κ1) is 19.7. The van der Waals surface area contributed by atoms with Crippen molar-refractivity contribution in [2.75, 3.05) is 13.7 Å². The highest BCUT2D eigenvalue weighted by Crippen LogP contribution is 2.35. The highest BCUT2D eigenvalue weighted by Gasteiger charge is 2.39. The third-order valence-electron chi connectivity index (χ3n) is 4.55. The summed E-state index contributed by atoms with van der Waals surface area (Å²) in [7, 11) is 1.50. The van der Waals surface area contributed by atoms with Crippen molar-refractivity contribution in [3.8, 4) is 5.75 Å². The molecule has 0 fully saturated rings. The summed E-state index contributed by atoms with van der Waals surface area (Å²) in [5.74, 6) is 0.206. The molecule has 1 aromatic carbocycles. The molecule has 1 aliphatic rings. The van der Waals surface area contributed by atoms with Gasteiger partial charge in [0.25, 0.3) is 5.91 Å². The molecule has 5 nitrogen and oxygen atoms in total. The molecule has 3 rings (SSSR count). The summed E-state index contributed by atoms with van der Waals surface area (Å²) in [4.78, 5) is 12.4. The lowest BCUT2D eigenvalue weighted by Gasteiger charge is -2.15. The van der Waals surface area contributed by atoms with E-state index in [2.05, 4.69) is 26.3 Å². The van der Waals surface area contributed by atoms with E-state index in [1.165, 1.54) is 11.8 Å². The van der Waals surface area contributed by atoms with Gasteiger partial charge in [0.15, 0.2) is 5.69 Å². The number of nitrogens with one attached hydrogen (secondary N) is 1. The summed E-state index contributed by atoms with van der Waals surface area (Å²) in [6.07, 6.45) is -1.90. The van der Waals surface area contributed by atoms with Crippen molar-refractivity contribution in [1.29, 1.82) is 0 Å². The highest BCUT2D eigenvalue weighted by molar-refractivity contribution is 9.10. The second-order valence-electron chi connectivity index (χ2n) is 6.30. The Morgan fingerprint density at radius 1 is 1.33 bits per heavy atom. The van der Waals surface area contributed by atoms with Crippen LogP contribution in [0.2, 0.25) is 0 Å². The second kappa shape index (κ2) is 7.92. The van der Waals surface area contributed by atoms with E-state index < -0.39 is 11.9 Å². The summed E-state index contributed by atoms with van der Waals surface area (Å²) in [6.45, 7) is 0.361. The average molecular weight is 446 g/mol. The Morgan fingerprint density at radius 3 is 2.78 bits per heavy atom. The van der Waals surface area contributed by atoms with Crippen molar-refractivity contribution in [3.63, 3.8) is 0 Å². The lowest BCUT2D eigenvalue weighted by Crippen LogP contribution is -2.28. The minimum Gasteiger partial charge on any atom is -0.497 e. The standard InChI is InChI=1S/C18H19BrF3N3O2/c1-27-11-6-7-14(19)13(10-11)17(26)23-8-9-25-15-5-3-2-4-12(15)16(24-25)18(20,21)22/h6-7,10H,2-5,8-9H2,1H3,(H,23,26). The zero-order chi connectivity index (χ0) is 19.6. The number of hydrogen-bond acceptors (Lipinski definition) is 3. The molecule has 1 amide bonds. The smallest absolute Gasteiger partial charge is 0.435 e. The van der Waals surface area contributed by atoms with Crippen LogP contribution in [-0.2, 0) is 25.6 Å². The lowest BCUT2D eigenvalue weighted by molar-refractivity contribution is -0.142. The van der Waals surface area contributed by atoms with E-state index in [0.717, 1.165) is 12.8 Å². The van der Waals surface area contributed by atoms with Crippen LogP contribution in [0.4, 0.5) is 13.2 Å². The number of hydrogen-bond donors (Lipinski definition) is 1. The molecule has 0 saturated heterocycles. The number of ether oxygens (including phenoxy) is 1. The van der Waals surface area contributed by atoms with Gasteiger partial charge in [-0.3, -0.25) is 9.48 Å². The van der Waals surface area contributed by atoms with Crippen LogP contribution in [0.3, 0.4) is 0 Å². The van der Waals surface area contributed by atoms with Crippen molar-refractivity contribution < 1.29 is 22.7 Å². The van der Waals surface area contributed by atoms with Gasteiger partial charge in [0.2, 0.25) is 0 Å². The number of amides is 1. The topological polar surface area (TPSA) is 56.1 Å². The van der Waals surface area contributed by atoms with Crippen LogP contribution in [0.15, 0.2) is 22.7 Å². The van der Waals surface area contributed by atoms with Gasteiger partial charge in [0.05, 0.1) is 19.2 Å². The number of aromatic nitrogens is 2. The monoisotopic (exact) mass is 445 g/mol. The molecule has 1 aromatic heterocycles. The van der Waals surface area contributed by atoms with Crippen LogP contribution in [0.25, 0.3) is 0 Å². The van der Waals surface area contributed by atoms with Crippen LogP contribution in [-0.4, -0.2) is 29.3 Å². The third kappa shape index (κ3) is 4.28. The molecule has 146 valence electrons. The highest BCUT2D eigenvalue weighted by atomic mass is 79.9. The van der Waals surface area contributed by atoms with Crippen LogP contribution in [0.5, 0.6) is 5.75 Å². The van der Waals surface area contributed by atoms with E-state index >= 15 is 0 Å². The van der Waals surface area contributed by atoms with Crippen molar-refractivity contribution in [2.45, 2.75) is 38.4 Å². The molecule has 0 spiro atoms. The molecule has 27 heavy (non-hydrogen) atoms. The fourth-order valence-corrected chi connectivity index (χ4v) is 3.69. The largest absolute Gasteiger partial charge is 0.497 e. The van der Waals surface area contributed by atoms with Crippen LogP contribution in [0.1, 0.15) is 40.2 Å². The maximum Gasteiger partial charge on any atom is 0.435 e. The normalized spacial score (nSPS) is 14.0. The van der Waals surface area contributed by atoms with Gasteiger partial charge in [-0.25, -0.2) is 0 Å². The van der Waals surface area contributed by atoms with Gasteiger partial charge >= 0.3 is 6.18 Å². The minimum absolute atomic E-state index is 0.175. The predicted molar refractivity (Wildman–Crippen MR) is 96.9 cm³/mol. The van der Waals surface area contributed by atoms with Gasteiger partial charge in [-0.1, -0.05) is 0 Å². The quantitative estimate of drug-likeness (QED) is 0.756.